The Bertz CT molecular complexity index is 1110. The van der Waals surface area contributed by atoms with E-state index in [1.54, 1.807) is 19.2 Å². The first kappa shape index (κ1) is 23.3. The molecule has 5 rings (SSSR count). The van der Waals surface area contributed by atoms with Crippen LogP contribution in [0.1, 0.15) is 50.6 Å². The van der Waals surface area contributed by atoms with Gasteiger partial charge >= 0.3 is 0 Å². The Morgan fingerprint density at radius 1 is 1.18 bits per heavy atom. The van der Waals surface area contributed by atoms with Crippen LogP contribution in [0.2, 0.25) is 0 Å². The minimum absolute atomic E-state index is 0.0351. The third-order valence-corrected chi connectivity index (χ3v) is 9.30. The highest BCUT2D eigenvalue weighted by molar-refractivity contribution is 7.89. The van der Waals surface area contributed by atoms with Gasteiger partial charge in [-0.2, -0.15) is 19.4 Å². The van der Waals surface area contributed by atoms with Crippen LogP contribution in [0.15, 0.2) is 12.1 Å². The lowest BCUT2D eigenvalue weighted by molar-refractivity contribution is 0.109. The van der Waals surface area contributed by atoms with Gasteiger partial charge in [0.05, 0.1) is 25.2 Å². The van der Waals surface area contributed by atoms with Crippen molar-refractivity contribution < 1.29 is 18.3 Å². The number of aromatic nitrogens is 4. The SMILES string of the molecule is COc1cc(Nc2cc(CO)[nH]n2)nc(N(C)[C@@H]2C[C@H]3CCC[C@@H](C2)N3S(=O)(=O)CC2CC2)n1. The smallest absolute Gasteiger partial charge is 0.230 e. The molecule has 2 aromatic rings. The average Bonchev–Trinajstić information content (AvgIpc) is 3.50. The molecule has 2 aliphatic heterocycles. The van der Waals surface area contributed by atoms with Gasteiger partial charge in [0, 0.05) is 37.3 Å². The van der Waals surface area contributed by atoms with Crippen LogP contribution < -0.4 is 15.0 Å². The van der Waals surface area contributed by atoms with Crippen molar-refractivity contribution in [2.45, 2.75) is 69.7 Å². The summed E-state index contributed by atoms with van der Waals surface area (Å²) in [4.78, 5) is 11.3. The van der Waals surface area contributed by atoms with Crippen LogP contribution in [0.4, 0.5) is 17.6 Å². The molecule has 2 saturated heterocycles. The Hall–Kier alpha value is -2.44. The summed E-state index contributed by atoms with van der Waals surface area (Å²) in [6.45, 7) is -0.132. The minimum atomic E-state index is -3.22. The third-order valence-electron chi connectivity index (χ3n) is 7.17. The highest BCUT2D eigenvalue weighted by atomic mass is 32.2. The van der Waals surface area contributed by atoms with E-state index in [-0.39, 0.29) is 24.7 Å². The zero-order chi connectivity index (χ0) is 23.9. The van der Waals surface area contributed by atoms with E-state index in [4.69, 9.17) is 4.74 Å². The number of methoxy groups -OCH3 is 1. The fourth-order valence-corrected chi connectivity index (χ4v) is 7.68. The summed E-state index contributed by atoms with van der Waals surface area (Å²) >= 11 is 0. The maximum Gasteiger partial charge on any atom is 0.230 e. The molecule has 0 unspecified atom stereocenters. The second kappa shape index (κ2) is 9.31. The van der Waals surface area contributed by atoms with E-state index in [1.807, 2.05) is 16.3 Å². The molecule has 34 heavy (non-hydrogen) atoms. The van der Waals surface area contributed by atoms with Crippen molar-refractivity contribution in [2.24, 2.45) is 5.92 Å². The van der Waals surface area contributed by atoms with E-state index in [2.05, 4.69) is 25.5 Å². The lowest BCUT2D eigenvalue weighted by atomic mass is 9.83. The fourth-order valence-electron chi connectivity index (χ4n) is 5.29. The summed E-state index contributed by atoms with van der Waals surface area (Å²) < 4.78 is 33.6. The van der Waals surface area contributed by atoms with Crippen molar-refractivity contribution >= 4 is 27.6 Å². The number of aliphatic hydroxyl groups is 1. The molecule has 3 aliphatic rings. The van der Waals surface area contributed by atoms with Crippen LogP contribution in [0.25, 0.3) is 0 Å². The van der Waals surface area contributed by atoms with Crippen molar-refractivity contribution in [3.05, 3.63) is 17.8 Å². The van der Waals surface area contributed by atoms with Gasteiger partial charge in [-0.05, 0) is 44.4 Å². The summed E-state index contributed by atoms with van der Waals surface area (Å²) in [5.74, 6) is 2.64. The summed E-state index contributed by atoms with van der Waals surface area (Å²) in [7, 11) is 0.302. The van der Waals surface area contributed by atoms with Gasteiger partial charge in [0.2, 0.25) is 21.9 Å². The van der Waals surface area contributed by atoms with Crippen molar-refractivity contribution in [2.75, 3.05) is 30.1 Å². The Balaban J connectivity index is 1.34. The van der Waals surface area contributed by atoms with Gasteiger partial charge in [0.15, 0.2) is 5.82 Å². The quantitative estimate of drug-likeness (QED) is 0.481. The predicted molar refractivity (Wildman–Crippen MR) is 128 cm³/mol. The summed E-state index contributed by atoms with van der Waals surface area (Å²) in [5, 5.41) is 19.2. The summed E-state index contributed by atoms with van der Waals surface area (Å²) in [6, 6.07) is 3.60. The van der Waals surface area contributed by atoms with Crippen LogP contribution in [0.5, 0.6) is 5.88 Å². The first-order valence-electron chi connectivity index (χ1n) is 12.0. The molecule has 3 atom stereocenters. The Labute approximate surface area is 200 Å². The number of H-pyrrole nitrogens is 1. The monoisotopic (exact) mass is 491 g/mol. The number of piperidine rings is 2. The number of fused-ring (bicyclic) bond motifs is 2. The van der Waals surface area contributed by atoms with E-state index in [0.717, 1.165) is 44.9 Å². The molecule has 2 bridgehead atoms. The number of hydrogen-bond acceptors (Lipinski definition) is 9. The van der Waals surface area contributed by atoms with Gasteiger partial charge in [-0.1, -0.05) is 6.42 Å². The lowest BCUT2D eigenvalue weighted by Crippen LogP contribution is -2.59. The van der Waals surface area contributed by atoms with E-state index >= 15 is 0 Å². The number of nitrogens with zero attached hydrogens (tertiary/aromatic N) is 5. The van der Waals surface area contributed by atoms with Crippen LogP contribution in [0, 0.1) is 5.92 Å². The predicted octanol–water partition coefficient (Wildman–Crippen LogP) is 2.01. The minimum Gasteiger partial charge on any atom is -0.481 e. The van der Waals surface area contributed by atoms with E-state index in [1.165, 1.54) is 0 Å². The number of nitrogens with one attached hydrogen (secondary N) is 2. The molecular weight excluding hydrogens is 458 g/mol. The molecule has 3 N–H and O–H groups in total. The highest BCUT2D eigenvalue weighted by Gasteiger charge is 2.46. The second-order valence-electron chi connectivity index (χ2n) is 9.68. The van der Waals surface area contributed by atoms with E-state index in [0.29, 0.717) is 40.8 Å². The molecule has 2 aromatic heterocycles. The average molecular weight is 492 g/mol. The van der Waals surface area contributed by atoms with Crippen molar-refractivity contribution in [1.29, 1.82) is 0 Å². The largest absolute Gasteiger partial charge is 0.481 e. The number of aromatic amines is 1. The normalized spacial score (nSPS) is 25.2. The molecule has 1 aliphatic carbocycles. The standard InChI is InChI=1S/C22H33N7O4S/c1-28(22-24-19(11-21(25-22)33-2)23-20-8-15(12-30)26-27-20)18-9-16-4-3-5-17(10-18)29(16)34(31,32)13-14-6-7-14/h8,11,14,16-18,30H,3-7,9-10,12-13H2,1-2H3,(H2,23,24,25,26,27)/t16-,17+,18-. The summed E-state index contributed by atoms with van der Waals surface area (Å²) in [6.07, 6.45) is 6.49. The van der Waals surface area contributed by atoms with E-state index < -0.39 is 10.0 Å². The van der Waals surface area contributed by atoms with Crippen LogP contribution in [0.3, 0.4) is 0 Å². The van der Waals surface area contributed by atoms with Crippen molar-refractivity contribution in [3.8, 4) is 5.88 Å². The van der Waals surface area contributed by atoms with Crippen LogP contribution >= 0.6 is 0 Å². The zero-order valence-electron chi connectivity index (χ0n) is 19.6. The fraction of sp³-hybridized carbons (Fsp3) is 0.682. The van der Waals surface area contributed by atoms with Crippen molar-refractivity contribution in [1.82, 2.24) is 24.5 Å². The molecule has 4 heterocycles. The topological polar surface area (TPSA) is 137 Å². The summed E-state index contributed by atoms with van der Waals surface area (Å²) in [5.41, 5.74) is 0.593. The number of hydrogen-bond donors (Lipinski definition) is 3. The second-order valence-corrected chi connectivity index (χ2v) is 11.6. The number of anilines is 3. The highest BCUT2D eigenvalue weighted by Crippen LogP contribution is 2.41. The zero-order valence-corrected chi connectivity index (χ0v) is 20.5. The third kappa shape index (κ3) is 4.84. The molecular formula is C22H33N7O4S. The molecule has 11 nitrogen and oxygen atoms in total. The Morgan fingerprint density at radius 2 is 1.91 bits per heavy atom. The first-order valence-corrected chi connectivity index (χ1v) is 13.6. The lowest BCUT2D eigenvalue weighted by Gasteiger charge is -2.49. The Kier molecular flexibility index (Phi) is 6.38. The molecule has 186 valence electrons. The molecule has 0 aromatic carbocycles. The number of aliphatic hydroxyl groups excluding tert-OH is 1. The molecule has 3 fully saturated rings. The van der Waals surface area contributed by atoms with Crippen LogP contribution in [-0.2, 0) is 16.6 Å². The van der Waals surface area contributed by atoms with Gasteiger partial charge in [-0.3, -0.25) is 5.10 Å². The first-order chi connectivity index (χ1) is 16.4. The van der Waals surface area contributed by atoms with Gasteiger partial charge in [0.1, 0.15) is 5.82 Å². The van der Waals surface area contributed by atoms with Crippen LogP contribution in [-0.4, -0.2) is 76.0 Å². The van der Waals surface area contributed by atoms with Gasteiger partial charge < -0.3 is 20.1 Å². The maximum absolute atomic E-state index is 13.2. The van der Waals surface area contributed by atoms with Gasteiger partial charge in [0.25, 0.3) is 0 Å². The maximum atomic E-state index is 13.2. The van der Waals surface area contributed by atoms with Crippen molar-refractivity contribution in [3.63, 3.8) is 0 Å². The molecule has 12 heteroatoms. The molecule has 0 radical (unpaired) electrons. The molecule has 0 amide bonds. The molecule has 0 spiro atoms. The number of ether oxygens (including phenoxy) is 1. The number of sulfonamides is 1. The van der Waals surface area contributed by atoms with E-state index in [9.17, 15) is 13.5 Å². The van der Waals surface area contributed by atoms with Gasteiger partial charge in [-0.25, -0.2) is 8.42 Å². The van der Waals surface area contributed by atoms with Gasteiger partial charge in [-0.15, -0.1) is 0 Å². The Morgan fingerprint density at radius 3 is 2.53 bits per heavy atom. The number of rotatable bonds is 9. The molecule has 1 saturated carbocycles.